The lowest BCUT2D eigenvalue weighted by Gasteiger charge is -2.07. The molecule has 0 fully saturated rings. The van der Waals surface area contributed by atoms with E-state index in [2.05, 4.69) is 5.32 Å². The van der Waals surface area contributed by atoms with Crippen LogP contribution in [-0.4, -0.2) is 19.0 Å². The highest BCUT2D eigenvalue weighted by Gasteiger charge is 2.04. The molecular formula is C14H22N2O. The van der Waals surface area contributed by atoms with Crippen molar-refractivity contribution in [1.82, 2.24) is 5.32 Å². The third kappa shape index (κ3) is 5.50. The summed E-state index contributed by atoms with van der Waals surface area (Å²) in [6, 6.07) is 7.99. The molecule has 0 heterocycles. The second-order valence-electron chi connectivity index (χ2n) is 4.30. The zero-order valence-corrected chi connectivity index (χ0v) is 10.5. The maximum atomic E-state index is 11.7. The minimum atomic E-state index is 0.104. The minimum Gasteiger partial charge on any atom is -0.356 e. The number of rotatable bonds is 7. The van der Waals surface area contributed by atoms with Crippen molar-refractivity contribution in [2.45, 2.75) is 32.6 Å². The maximum absolute atomic E-state index is 11.7. The predicted molar refractivity (Wildman–Crippen MR) is 70.8 cm³/mol. The normalized spacial score (nSPS) is 10.2. The van der Waals surface area contributed by atoms with Gasteiger partial charge in [0.2, 0.25) is 5.91 Å². The molecule has 0 saturated heterocycles. The second kappa shape index (κ2) is 7.85. The van der Waals surface area contributed by atoms with Crippen molar-refractivity contribution >= 4 is 5.91 Å². The summed E-state index contributed by atoms with van der Waals surface area (Å²) in [6.07, 6.45) is 3.61. The van der Waals surface area contributed by atoms with Gasteiger partial charge in [0.05, 0.1) is 6.42 Å². The molecule has 94 valence electrons. The van der Waals surface area contributed by atoms with E-state index in [1.807, 2.05) is 31.2 Å². The number of nitrogens with one attached hydrogen (secondary N) is 1. The van der Waals surface area contributed by atoms with Gasteiger partial charge in [-0.1, -0.05) is 30.7 Å². The van der Waals surface area contributed by atoms with Gasteiger partial charge in [0.15, 0.2) is 0 Å². The summed E-state index contributed by atoms with van der Waals surface area (Å²) in [5.41, 5.74) is 7.68. The number of amides is 1. The lowest BCUT2D eigenvalue weighted by atomic mass is 10.1. The van der Waals surface area contributed by atoms with E-state index in [4.69, 9.17) is 5.73 Å². The molecule has 0 aliphatic rings. The standard InChI is InChI=1S/C14H22N2O/c1-12-7-3-4-8-13(12)11-14(17)16-10-6-2-5-9-15/h3-4,7-8H,2,5-6,9-11,15H2,1H3,(H,16,17). The van der Waals surface area contributed by atoms with E-state index < -0.39 is 0 Å². The van der Waals surface area contributed by atoms with Gasteiger partial charge in [-0.15, -0.1) is 0 Å². The van der Waals surface area contributed by atoms with E-state index in [9.17, 15) is 4.79 Å². The van der Waals surface area contributed by atoms with Crippen LogP contribution in [0.3, 0.4) is 0 Å². The molecular weight excluding hydrogens is 212 g/mol. The molecule has 3 N–H and O–H groups in total. The van der Waals surface area contributed by atoms with Crippen molar-refractivity contribution in [1.29, 1.82) is 0 Å². The van der Waals surface area contributed by atoms with Gasteiger partial charge in [-0.3, -0.25) is 4.79 Å². The fourth-order valence-electron chi connectivity index (χ4n) is 1.72. The smallest absolute Gasteiger partial charge is 0.224 e. The fourth-order valence-corrected chi connectivity index (χ4v) is 1.72. The Labute approximate surface area is 103 Å². The quantitative estimate of drug-likeness (QED) is 0.707. The molecule has 3 nitrogen and oxygen atoms in total. The van der Waals surface area contributed by atoms with Gasteiger partial charge in [0.1, 0.15) is 0 Å². The predicted octanol–water partition coefficient (Wildman–Crippen LogP) is 1.78. The number of hydrogen-bond acceptors (Lipinski definition) is 2. The lowest BCUT2D eigenvalue weighted by Crippen LogP contribution is -2.26. The maximum Gasteiger partial charge on any atom is 0.224 e. The molecule has 1 rings (SSSR count). The van der Waals surface area contributed by atoms with Crippen molar-refractivity contribution in [3.63, 3.8) is 0 Å². The third-order valence-corrected chi connectivity index (χ3v) is 2.82. The van der Waals surface area contributed by atoms with Crippen LogP contribution in [0, 0.1) is 6.92 Å². The van der Waals surface area contributed by atoms with Crippen LogP contribution in [0.1, 0.15) is 30.4 Å². The average Bonchev–Trinajstić information content (AvgIpc) is 2.32. The first kappa shape index (κ1) is 13.7. The topological polar surface area (TPSA) is 55.1 Å². The van der Waals surface area contributed by atoms with Gasteiger partial charge < -0.3 is 11.1 Å². The molecule has 0 spiro atoms. The van der Waals surface area contributed by atoms with Gasteiger partial charge in [0.25, 0.3) is 0 Å². The molecule has 17 heavy (non-hydrogen) atoms. The number of nitrogens with two attached hydrogens (primary N) is 1. The molecule has 0 radical (unpaired) electrons. The zero-order valence-electron chi connectivity index (χ0n) is 10.5. The number of carbonyl (C=O) groups excluding carboxylic acids is 1. The molecule has 3 heteroatoms. The van der Waals surface area contributed by atoms with Gasteiger partial charge in [-0.2, -0.15) is 0 Å². The molecule has 0 saturated carbocycles. The van der Waals surface area contributed by atoms with Crippen LogP contribution in [0.25, 0.3) is 0 Å². The van der Waals surface area contributed by atoms with Crippen molar-refractivity contribution in [3.05, 3.63) is 35.4 Å². The van der Waals surface area contributed by atoms with E-state index in [1.54, 1.807) is 0 Å². The molecule has 1 amide bonds. The first-order valence-electron chi connectivity index (χ1n) is 6.25. The Kier molecular flexibility index (Phi) is 6.33. The van der Waals surface area contributed by atoms with Crippen LogP contribution in [-0.2, 0) is 11.2 Å². The molecule has 0 bridgehead atoms. The van der Waals surface area contributed by atoms with Gasteiger partial charge in [-0.25, -0.2) is 0 Å². The number of unbranched alkanes of at least 4 members (excludes halogenated alkanes) is 2. The summed E-state index contributed by atoms with van der Waals surface area (Å²) in [6.45, 7) is 3.52. The Morgan fingerprint density at radius 1 is 1.24 bits per heavy atom. The highest BCUT2D eigenvalue weighted by molar-refractivity contribution is 5.78. The number of aryl methyl sites for hydroxylation is 1. The molecule has 0 aliphatic carbocycles. The lowest BCUT2D eigenvalue weighted by molar-refractivity contribution is -0.120. The minimum absolute atomic E-state index is 0.104. The average molecular weight is 234 g/mol. The number of benzene rings is 1. The summed E-state index contributed by atoms with van der Waals surface area (Å²) in [5, 5.41) is 2.94. The summed E-state index contributed by atoms with van der Waals surface area (Å²) >= 11 is 0. The van der Waals surface area contributed by atoms with Crippen molar-refractivity contribution < 1.29 is 4.79 Å². The zero-order chi connectivity index (χ0) is 12.5. The van der Waals surface area contributed by atoms with Crippen LogP contribution in [0.5, 0.6) is 0 Å². The third-order valence-electron chi connectivity index (χ3n) is 2.82. The monoisotopic (exact) mass is 234 g/mol. The number of hydrogen-bond donors (Lipinski definition) is 2. The molecule has 0 unspecified atom stereocenters. The highest BCUT2D eigenvalue weighted by Crippen LogP contribution is 2.07. The molecule has 0 aromatic heterocycles. The Bertz CT molecular complexity index is 350. The number of carbonyl (C=O) groups is 1. The largest absolute Gasteiger partial charge is 0.356 e. The highest BCUT2D eigenvalue weighted by atomic mass is 16.1. The molecule has 1 aromatic rings. The first-order chi connectivity index (χ1) is 8.24. The summed E-state index contributed by atoms with van der Waals surface area (Å²) < 4.78 is 0. The van der Waals surface area contributed by atoms with Crippen LogP contribution >= 0.6 is 0 Å². The van der Waals surface area contributed by atoms with E-state index >= 15 is 0 Å². The Morgan fingerprint density at radius 2 is 2.00 bits per heavy atom. The summed E-state index contributed by atoms with van der Waals surface area (Å²) in [5.74, 6) is 0.104. The fraction of sp³-hybridized carbons (Fsp3) is 0.500. The van der Waals surface area contributed by atoms with Gasteiger partial charge >= 0.3 is 0 Å². The Balaban J connectivity index is 2.23. The second-order valence-corrected chi connectivity index (χ2v) is 4.30. The van der Waals surface area contributed by atoms with Crippen molar-refractivity contribution in [2.24, 2.45) is 5.73 Å². The Morgan fingerprint density at radius 3 is 2.71 bits per heavy atom. The summed E-state index contributed by atoms with van der Waals surface area (Å²) in [7, 11) is 0. The summed E-state index contributed by atoms with van der Waals surface area (Å²) in [4.78, 5) is 11.7. The van der Waals surface area contributed by atoms with E-state index in [1.165, 1.54) is 5.56 Å². The van der Waals surface area contributed by atoms with Crippen molar-refractivity contribution in [2.75, 3.05) is 13.1 Å². The first-order valence-corrected chi connectivity index (χ1v) is 6.25. The van der Waals surface area contributed by atoms with Crippen LogP contribution in [0.4, 0.5) is 0 Å². The Hall–Kier alpha value is -1.35. The van der Waals surface area contributed by atoms with Gasteiger partial charge in [0, 0.05) is 6.54 Å². The van der Waals surface area contributed by atoms with Crippen LogP contribution in [0.2, 0.25) is 0 Å². The molecule has 1 aromatic carbocycles. The van der Waals surface area contributed by atoms with E-state index in [-0.39, 0.29) is 5.91 Å². The molecule has 0 aliphatic heterocycles. The van der Waals surface area contributed by atoms with Gasteiger partial charge in [-0.05, 0) is 37.4 Å². The van der Waals surface area contributed by atoms with Crippen LogP contribution in [0.15, 0.2) is 24.3 Å². The van der Waals surface area contributed by atoms with Crippen molar-refractivity contribution in [3.8, 4) is 0 Å². The SMILES string of the molecule is Cc1ccccc1CC(=O)NCCCCCN. The van der Waals surface area contributed by atoms with E-state index in [0.29, 0.717) is 6.42 Å². The molecule has 0 atom stereocenters. The van der Waals surface area contributed by atoms with E-state index in [0.717, 1.165) is 37.9 Å². The van der Waals surface area contributed by atoms with Crippen LogP contribution < -0.4 is 11.1 Å².